The van der Waals surface area contributed by atoms with Gasteiger partial charge in [-0.05, 0) is 86.0 Å². The van der Waals surface area contributed by atoms with Crippen LogP contribution < -0.4 is 0 Å². The van der Waals surface area contributed by atoms with Gasteiger partial charge in [-0.1, -0.05) is 85.2 Å². The molecule has 0 aliphatic rings. The first-order chi connectivity index (χ1) is 33.0. The summed E-state index contributed by atoms with van der Waals surface area (Å²) in [4.78, 5) is 33.7. The minimum atomic E-state index is -0.723. The van der Waals surface area contributed by atoms with E-state index >= 15 is 0 Å². The zero-order chi connectivity index (χ0) is 56.2. The standard InChI is InChI=1S/C22H38O3.C11H18Br2.C6H12O2.B13.B12/c1-7-25-20(24)22(5,6)18-16-14-12-10-8-9-11-13-15-17-21(3,4)19(2)23;12-10-8-6-4-2-1-3-5-7-9-11-13;1-4-8-6(7)5(2)3;1-8-12(9(2)3)13(10(4)5)11(6)7;1-8(2)11(7)12(9(3)4)10(5)6/h7,9,11-18H2,1-6H3;2,4-11H2;5H,4H2,1-3H3;;. The predicted molar refractivity (Wildman–Crippen MR) is 347 cm³/mol. The third kappa shape index (κ3) is 48.4. The lowest BCUT2D eigenvalue weighted by Crippen LogP contribution is -2.69. The highest BCUT2D eigenvalue weighted by Crippen LogP contribution is 2.26. The maximum atomic E-state index is 11.8. The lowest BCUT2D eigenvalue weighted by molar-refractivity contribution is -0.153. The molecule has 0 saturated carbocycles. The molecule has 0 N–H and O–H groups in total. The third-order valence-electron chi connectivity index (χ3n) is 11.1. The number of alkyl halides is 2. The molecule has 343 valence electrons. The Balaban J connectivity index is -0.000000271. The number of hydrogen-bond acceptors (Lipinski definition) is 5. The van der Waals surface area contributed by atoms with Gasteiger partial charge in [0.05, 0.1) is 24.5 Å². The summed E-state index contributed by atoms with van der Waals surface area (Å²) < 4.78 is 9.76. The van der Waals surface area contributed by atoms with Crippen molar-refractivity contribution in [1.29, 1.82) is 0 Å². The van der Waals surface area contributed by atoms with Crippen LogP contribution in [-0.2, 0) is 23.9 Å². The van der Waals surface area contributed by atoms with E-state index in [2.05, 4.69) is 60.3 Å². The zero-order valence-electron chi connectivity index (χ0n) is 45.5. The van der Waals surface area contributed by atoms with Gasteiger partial charge >= 0.3 is 11.9 Å². The number of ketones is 1. The number of unbranched alkanes of at least 4 members (excludes halogenated alkanes) is 10. The van der Waals surface area contributed by atoms with Gasteiger partial charge in [-0.2, -0.15) is 0 Å². The fourth-order valence-electron chi connectivity index (χ4n) is 6.11. The maximum Gasteiger partial charge on any atom is 0.311 e. The van der Waals surface area contributed by atoms with Crippen molar-refractivity contribution in [3.05, 3.63) is 0 Å². The molecule has 0 aromatic rings. The fourth-order valence-corrected chi connectivity index (χ4v) is 6.90. The third-order valence-corrected chi connectivity index (χ3v) is 12.3. The summed E-state index contributed by atoms with van der Waals surface area (Å²) in [5, 5.41) is 2.24. The normalized spacial score (nSPS) is 9.92. The highest BCUT2D eigenvalue weighted by atomic mass is 79.9. The predicted octanol–water partition coefficient (Wildman–Crippen LogP) is 1.90. The molecule has 0 saturated heterocycles. The first-order valence-electron chi connectivity index (χ1n) is 25.3. The van der Waals surface area contributed by atoms with Gasteiger partial charge in [0.1, 0.15) is 5.78 Å². The number of carbonyl (C=O) groups excluding carboxylic acids is 3. The monoisotopic (exact) mass is 1050 g/mol. The maximum absolute atomic E-state index is 11.8. The Hall–Kier alpha value is 0.313. The van der Waals surface area contributed by atoms with Gasteiger partial charge in [-0.15, -0.1) is 23.7 Å². The number of halogens is 2. The highest BCUT2D eigenvalue weighted by Gasteiger charge is 2.33. The Morgan fingerprint density at radius 3 is 1.15 bits per heavy atom. The summed E-state index contributed by atoms with van der Waals surface area (Å²) in [5.41, 5.74) is -0.569. The van der Waals surface area contributed by atoms with Gasteiger partial charge in [0.25, 0.3) is 0 Å². The average molecular weight is 1050 g/mol. The van der Waals surface area contributed by atoms with Crippen molar-refractivity contribution in [3.8, 4) is 23.7 Å². The molecule has 0 aromatic heterocycles. The zero-order valence-corrected chi connectivity index (χ0v) is 48.6. The summed E-state index contributed by atoms with van der Waals surface area (Å²) >= 11 is 6.83. The van der Waals surface area contributed by atoms with Crippen LogP contribution in [0, 0.1) is 40.4 Å². The molecule has 0 amide bonds. The lowest BCUT2D eigenvalue weighted by atomic mass is 8.50. The molecule has 0 rings (SSSR count). The van der Waals surface area contributed by atoms with Crippen molar-refractivity contribution < 1.29 is 23.9 Å². The lowest BCUT2D eigenvalue weighted by Gasteiger charge is -2.31. The van der Waals surface area contributed by atoms with E-state index in [0.717, 1.165) is 81.3 Å². The summed E-state index contributed by atoms with van der Waals surface area (Å²) in [6, 6.07) is 0. The summed E-state index contributed by atoms with van der Waals surface area (Å²) in [7, 11) is 77.4. The van der Waals surface area contributed by atoms with Crippen LogP contribution in [0.3, 0.4) is 0 Å². The molecule has 0 bridgehead atoms. The van der Waals surface area contributed by atoms with Crippen LogP contribution >= 0.6 is 31.9 Å². The van der Waals surface area contributed by atoms with Crippen LogP contribution in [0.25, 0.3) is 0 Å². The molecule has 5 nitrogen and oxygen atoms in total. The second-order valence-electron chi connectivity index (χ2n) is 19.0. The summed E-state index contributed by atoms with van der Waals surface area (Å²) in [6.45, 7) is 17.8. The summed E-state index contributed by atoms with van der Waals surface area (Å²) in [5.74, 6) is 13.0. The second-order valence-corrected chi connectivity index (χ2v) is 20.6. The highest BCUT2D eigenvalue weighted by molar-refractivity contribution is 9.09. The Bertz CT molecular complexity index is 1420. The van der Waals surface area contributed by atoms with Gasteiger partial charge in [0.2, 0.25) is 0 Å². The molecule has 0 heterocycles. The minimum Gasteiger partial charge on any atom is -0.466 e. The van der Waals surface area contributed by atoms with E-state index in [1.54, 1.807) is 13.8 Å². The molecule has 0 atom stereocenters. The fraction of sp³-hybridized carbons (Fsp3) is 0.821. The molecule has 0 aliphatic carbocycles. The van der Waals surface area contributed by atoms with E-state index in [1.807, 2.05) is 48.5 Å². The molecule has 29 radical (unpaired) electrons. The van der Waals surface area contributed by atoms with Crippen molar-refractivity contribution >= 4 is 229 Å². The smallest absolute Gasteiger partial charge is 0.311 e. The van der Waals surface area contributed by atoms with Crippen LogP contribution in [0.1, 0.15) is 165 Å². The van der Waals surface area contributed by atoms with Crippen molar-refractivity contribution in [2.75, 3.05) is 23.9 Å². The Labute approximate surface area is 478 Å². The topological polar surface area (TPSA) is 69.7 Å². The minimum absolute atomic E-state index is 0.00921. The van der Waals surface area contributed by atoms with E-state index in [-0.39, 0.29) is 35.4 Å². The molecule has 32 heteroatoms. The van der Waals surface area contributed by atoms with Crippen LogP contribution in [0.5, 0.6) is 0 Å². The van der Waals surface area contributed by atoms with Crippen molar-refractivity contribution in [1.82, 2.24) is 0 Å². The average Bonchev–Trinajstić information content (AvgIpc) is 3.27. The Morgan fingerprint density at radius 1 is 0.521 bits per heavy atom. The van der Waals surface area contributed by atoms with E-state index < -0.39 is 62.9 Å². The Morgan fingerprint density at radius 2 is 0.873 bits per heavy atom. The SMILES string of the molecule is BrCCCCC#CCCCCCBr.CCOC(=O)C(C)(C)CCCCC#CCCCCCC(C)(C)C(C)=O.CCOC(=O)C(C)C.[B]B([B])B([B])B(B([B])[B])B([B])[B].[B][B]B(B([B])[B])B(B([B])[B])B([B])[B]. The van der Waals surface area contributed by atoms with Crippen LogP contribution in [0.2, 0.25) is 0 Å². The van der Waals surface area contributed by atoms with E-state index in [4.69, 9.17) is 113 Å². The number of esters is 2. The van der Waals surface area contributed by atoms with Crippen LogP contribution in [0.4, 0.5) is 0 Å². The molecule has 0 fully saturated rings. The molecule has 0 spiro atoms. The first kappa shape index (κ1) is 80.2. The van der Waals surface area contributed by atoms with Crippen molar-refractivity contribution in [2.45, 2.75) is 165 Å². The number of rotatable bonds is 30. The molecule has 0 aromatic carbocycles. The molecule has 71 heavy (non-hydrogen) atoms. The first-order valence-corrected chi connectivity index (χ1v) is 27.5. The van der Waals surface area contributed by atoms with Crippen molar-refractivity contribution in [2.24, 2.45) is 16.7 Å². The largest absolute Gasteiger partial charge is 0.466 e. The van der Waals surface area contributed by atoms with E-state index in [9.17, 15) is 14.4 Å². The number of hydrogen-bond donors (Lipinski definition) is 0. The van der Waals surface area contributed by atoms with Crippen LogP contribution in [0.15, 0.2) is 0 Å². The van der Waals surface area contributed by atoms with Gasteiger partial charge in [-0.3, -0.25) is 14.4 Å². The Kier molecular flexibility index (Phi) is 57.7. The summed E-state index contributed by atoms with van der Waals surface area (Å²) in [6.07, 6.45) is 11.4. The number of carbonyl (C=O) groups is 3. The molecule has 0 unspecified atom stereocenters. The van der Waals surface area contributed by atoms with Crippen LogP contribution in [-0.4, -0.2) is 221 Å². The molecular formula is C39H68B25Br2O5. The molecular weight excluding hydrogens is 979 g/mol. The van der Waals surface area contributed by atoms with E-state index in [0.29, 0.717) is 13.2 Å². The van der Waals surface area contributed by atoms with Gasteiger partial charge in [-0.25, -0.2) is 0 Å². The number of Topliss-reactive ketones (excluding diaryl/α,β-unsaturated/α-hetero) is 1. The number of ether oxygens (including phenoxy) is 2. The van der Waals surface area contributed by atoms with Gasteiger partial charge in [0, 0.05) is 221 Å². The van der Waals surface area contributed by atoms with E-state index in [1.165, 1.54) is 39.2 Å². The molecule has 0 aliphatic heterocycles. The second kappa shape index (κ2) is 51.1. The van der Waals surface area contributed by atoms with Gasteiger partial charge < -0.3 is 9.47 Å². The van der Waals surface area contributed by atoms with Gasteiger partial charge in [0.15, 0.2) is 0 Å². The quantitative estimate of drug-likeness (QED) is 0.0362. The van der Waals surface area contributed by atoms with Crippen molar-refractivity contribution in [3.63, 3.8) is 0 Å².